The van der Waals surface area contributed by atoms with E-state index >= 15 is 0 Å². The molecule has 1 aromatic rings. The van der Waals surface area contributed by atoms with Gasteiger partial charge in [-0.05, 0) is 0 Å². The second kappa shape index (κ2) is 4.68. The lowest BCUT2D eigenvalue weighted by molar-refractivity contribution is -0.441. The molecule has 0 saturated heterocycles. The lowest BCUT2D eigenvalue weighted by atomic mass is 9.93. The van der Waals surface area contributed by atoms with E-state index in [-0.39, 0.29) is 0 Å². The van der Waals surface area contributed by atoms with E-state index in [4.69, 9.17) is 5.41 Å². The van der Waals surface area contributed by atoms with Gasteiger partial charge in [-0.1, -0.05) is 0 Å². The molecular formula is C9H3F13N2. The quantitative estimate of drug-likeness (QED) is 0.743. The van der Waals surface area contributed by atoms with E-state index in [2.05, 4.69) is 5.73 Å². The van der Waals surface area contributed by atoms with Crippen molar-refractivity contribution >= 4 is 5.69 Å². The fraction of sp³-hybridized carbons (Fsp3) is 0.667. The molecule has 0 heterocycles. The number of nitrogens with two attached hydrogens (primary N) is 1. The molecule has 0 aliphatic carbocycles. The van der Waals surface area contributed by atoms with Gasteiger partial charge < -0.3 is 5.73 Å². The van der Waals surface area contributed by atoms with E-state index in [9.17, 15) is 57.1 Å². The first-order valence-corrected chi connectivity index (χ1v) is 5.25. The summed E-state index contributed by atoms with van der Waals surface area (Å²) in [6.45, 7) is 0. The number of halogens is 13. The molecular weight excluding hydrogens is 383 g/mol. The molecule has 1 aromatic carbocycles. The molecule has 0 unspecified atom stereocenters. The monoisotopic (exact) mass is 386 g/mol. The van der Waals surface area contributed by atoms with Gasteiger partial charge in [0.2, 0.25) is 0 Å². The van der Waals surface area contributed by atoms with E-state index in [1.54, 1.807) is 0 Å². The van der Waals surface area contributed by atoms with Gasteiger partial charge in [-0.25, -0.2) is 0 Å². The van der Waals surface area contributed by atoms with Crippen LogP contribution in [0.2, 0.25) is 0 Å². The van der Waals surface area contributed by atoms with Gasteiger partial charge in [0.15, 0.2) is 0 Å². The van der Waals surface area contributed by atoms with Crippen molar-refractivity contribution in [1.82, 2.24) is 0 Å². The minimum absolute atomic E-state index is 1.51. The van der Waals surface area contributed by atoms with Gasteiger partial charge in [0.25, 0.3) is 0 Å². The highest BCUT2D eigenvalue weighted by molar-refractivity contribution is 5.62. The topological polar surface area (TPSA) is 49.9 Å². The standard InChI is InChI=1S/C9H3F13N2/c10-4(11,1-2(23)3(1)24)5(12,13)6(14,15)7(16,17)8(18,19)9(20,21)22/h23H,24H2. The molecule has 15 heteroatoms. The summed E-state index contributed by atoms with van der Waals surface area (Å²) in [5.74, 6) is -37.4. The highest BCUT2D eigenvalue weighted by Crippen LogP contribution is 2.62. The molecule has 0 bridgehead atoms. The zero-order valence-electron chi connectivity index (χ0n) is 10.5. The largest absolute Gasteiger partial charge is 0.460 e. The molecule has 0 saturated carbocycles. The van der Waals surface area contributed by atoms with E-state index < -0.39 is 52.4 Å². The van der Waals surface area contributed by atoms with Gasteiger partial charge in [0.1, 0.15) is 0 Å². The van der Waals surface area contributed by atoms with Crippen LogP contribution >= 0.6 is 0 Å². The Balaban J connectivity index is 3.52. The first-order valence-electron chi connectivity index (χ1n) is 5.25. The Labute approximate surface area is 122 Å². The number of hydrogen-bond donors (Lipinski definition) is 2. The zero-order chi connectivity index (χ0) is 19.7. The summed E-state index contributed by atoms with van der Waals surface area (Å²) < 4.78 is 165. The van der Waals surface area contributed by atoms with E-state index in [1.807, 2.05) is 0 Å². The number of anilines is 1. The minimum Gasteiger partial charge on any atom is -0.397 e. The molecule has 0 amide bonds. The lowest BCUT2D eigenvalue weighted by Gasteiger charge is -2.39. The van der Waals surface area contributed by atoms with Gasteiger partial charge in [-0.2, -0.15) is 57.1 Å². The molecule has 0 atom stereocenters. The van der Waals surface area contributed by atoms with Crippen LogP contribution in [0.25, 0.3) is 0 Å². The van der Waals surface area contributed by atoms with Gasteiger partial charge in [0.05, 0.1) is 16.6 Å². The van der Waals surface area contributed by atoms with Crippen molar-refractivity contribution in [3.8, 4) is 0 Å². The number of nitrogen functional groups attached to an aromatic ring is 1. The van der Waals surface area contributed by atoms with Crippen LogP contribution in [-0.4, -0.2) is 29.9 Å². The maximum Gasteiger partial charge on any atom is 0.460 e. The Kier molecular flexibility index (Phi) is 3.97. The minimum atomic E-state index is -7.95. The predicted molar refractivity (Wildman–Crippen MR) is 48.8 cm³/mol. The molecule has 3 N–H and O–H groups in total. The third-order valence-electron chi connectivity index (χ3n) is 2.97. The maximum absolute atomic E-state index is 13.2. The first-order chi connectivity index (χ1) is 10.2. The number of nitrogens with one attached hydrogen (secondary N) is 1. The van der Waals surface area contributed by atoms with Crippen LogP contribution in [0.15, 0.2) is 0 Å². The molecule has 1 rings (SSSR count). The fourth-order valence-corrected chi connectivity index (χ4v) is 1.45. The van der Waals surface area contributed by atoms with Crippen molar-refractivity contribution in [2.75, 3.05) is 5.73 Å². The summed E-state index contributed by atoms with van der Waals surface area (Å²) in [7, 11) is 0. The molecule has 0 fully saturated rings. The molecule has 140 valence electrons. The highest BCUT2D eigenvalue weighted by Gasteiger charge is 2.91. The van der Waals surface area contributed by atoms with Crippen LogP contribution in [0.5, 0.6) is 0 Å². The number of alkyl halides is 13. The SMILES string of the molecule is N=c1c(N)c1C(F)(F)C(F)(F)C(F)(F)C(F)(F)C(F)(F)C(F)(F)F. The summed E-state index contributed by atoms with van der Waals surface area (Å²) in [5, 5.41) is 4.87. The summed E-state index contributed by atoms with van der Waals surface area (Å²) in [6, 6.07) is 0. The van der Waals surface area contributed by atoms with Crippen molar-refractivity contribution in [2.45, 2.75) is 35.8 Å². The van der Waals surface area contributed by atoms with Crippen LogP contribution in [0.4, 0.5) is 62.8 Å². The van der Waals surface area contributed by atoms with Gasteiger partial charge in [-0.15, -0.1) is 0 Å². The van der Waals surface area contributed by atoms with Crippen LogP contribution in [0, 0.1) is 5.41 Å². The molecule has 24 heavy (non-hydrogen) atoms. The van der Waals surface area contributed by atoms with Crippen LogP contribution in [0.3, 0.4) is 0 Å². The normalized spacial score (nSPS) is 16.0. The molecule has 0 aliphatic heterocycles. The molecule has 0 aromatic heterocycles. The number of hydrogen-bond acceptors (Lipinski definition) is 2. The van der Waals surface area contributed by atoms with E-state index in [0.29, 0.717) is 0 Å². The smallest absolute Gasteiger partial charge is 0.397 e. The summed E-state index contributed by atoms with van der Waals surface area (Å²) >= 11 is 0. The first kappa shape index (κ1) is 20.3. The molecule has 0 radical (unpaired) electrons. The summed E-state index contributed by atoms with van der Waals surface area (Å²) in [5.41, 5.74) is 0.606. The van der Waals surface area contributed by atoms with Crippen molar-refractivity contribution in [3.05, 3.63) is 10.9 Å². The van der Waals surface area contributed by atoms with Gasteiger partial charge >= 0.3 is 35.8 Å². The van der Waals surface area contributed by atoms with Crippen LogP contribution < -0.4 is 11.1 Å². The van der Waals surface area contributed by atoms with Crippen molar-refractivity contribution < 1.29 is 57.1 Å². The predicted octanol–water partition coefficient (Wildman–Crippen LogP) is 3.82. The summed E-state index contributed by atoms with van der Waals surface area (Å²) in [6.07, 6.45) is -7.45. The molecule has 0 spiro atoms. The van der Waals surface area contributed by atoms with Crippen molar-refractivity contribution in [1.29, 1.82) is 5.41 Å². The zero-order valence-corrected chi connectivity index (χ0v) is 10.5. The third-order valence-corrected chi connectivity index (χ3v) is 2.97. The molecule has 2 nitrogen and oxygen atoms in total. The van der Waals surface area contributed by atoms with E-state index in [0.717, 1.165) is 0 Å². The van der Waals surface area contributed by atoms with Crippen molar-refractivity contribution in [2.24, 2.45) is 0 Å². The Hall–Kier alpha value is -1.70. The van der Waals surface area contributed by atoms with Crippen LogP contribution in [-0.2, 0) is 5.92 Å². The average molecular weight is 386 g/mol. The lowest BCUT2D eigenvalue weighted by Crippen LogP contribution is -2.69. The fourth-order valence-electron chi connectivity index (χ4n) is 1.45. The molecule has 0 aliphatic rings. The Bertz CT molecular complexity index is 646. The Morgan fingerprint density at radius 2 is 0.875 bits per heavy atom. The average Bonchev–Trinajstić information content (AvgIpc) is 2.95. The third kappa shape index (κ3) is 2.15. The Morgan fingerprint density at radius 1 is 0.583 bits per heavy atom. The maximum atomic E-state index is 13.2. The second-order valence-corrected chi connectivity index (χ2v) is 4.53. The highest BCUT2D eigenvalue weighted by atomic mass is 19.4. The van der Waals surface area contributed by atoms with Gasteiger partial charge in [0, 0.05) is 0 Å². The van der Waals surface area contributed by atoms with Crippen molar-refractivity contribution in [3.63, 3.8) is 0 Å². The second-order valence-electron chi connectivity index (χ2n) is 4.53. The number of rotatable bonds is 5. The van der Waals surface area contributed by atoms with Gasteiger partial charge in [-0.3, -0.25) is 5.41 Å². The Morgan fingerprint density at radius 3 is 1.12 bits per heavy atom. The van der Waals surface area contributed by atoms with Crippen LogP contribution in [0.1, 0.15) is 5.56 Å². The summed E-state index contributed by atoms with van der Waals surface area (Å²) in [4.78, 5) is 0. The van der Waals surface area contributed by atoms with E-state index in [1.165, 1.54) is 0 Å².